The number of likely N-dealkylation sites (tertiary alicyclic amines) is 1. The largest absolute Gasteiger partial charge is 0.349 e. The standard InChI is InChI=1S/C23H34N2O2/c1-23(2,3)19-11-9-17(10-12-19)21(26)24-20-13-15-25(16-14-20)22(27)18-7-5-4-6-8-18/h9-12,18,20H,4-8,13-16H2,1-3H3,(H,24,26). The molecule has 0 spiro atoms. The van der Waals surface area contributed by atoms with Gasteiger partial charge in [-0.15, -0.1) is 0 Å². The van der Waals surface area contributed by atoms with Gasteiger partial charge in [0.1, 0.15) is 0 Å². The smallest absolute Gasteiger partial charge is 0.251 e. The first-order valence-corrected chi connectivity index (χ1v) is 10.5. The minimum atomic E-state index is -0.00693. The van der Waals surface area contributed by atoms with Gasteiger partial charge in [-0.2, -0.15) is 0 Å². The van der Waals surface area contributed by atoms with Crippen molar-refractivity contribution in [1.82, 2.24) is 10.2 Å². The lowest BCUT2D eigenvalue weighted by Gasteiger charge is -2.35. The Labute approximate surface area is 163 Å². The minimum Gasteiger partial charge on any atom is -0.349 e. The third-order valence-electron chi connectivity index (χ3n) is 6.11. The molecule has 1 saturated carbocycles. The van der Waals surface area contributed by atoms with E-state index in [-0.39, 0.29) is 23.3 Å². The summed E-state index contributed by atoms with van der Waals surface area (Å²) in [6.07, 6.45) is 7.47. The summed E-state index contributed by atoms with van der Waals surface area (Å²) in [5.41, 5.74) is 2.03. The second kappa shape index (κ2) is 8.45. The van der Waals surface area contributed by atoms with Crippen molar-refractivity contribution in [3.63, 3.8) is 0 Å². The van der Waals surface area contributed by atoms with Crippen LogP contribution in [0.2, 0.25) is 0 Å². The summed E-state index contributed by atoms with van der Waals surface area (Å²) in [5, 5.41) is 3.16. The molecule has 1 aromatic carbocycles. The SMILES string of the molecule is CC(C)(C)c1ccc(C(=O)NC2CCN(C(=O)C3CCCCC3)CC2)cc1. The predicted octanol–water partition coefficient (Wildman–Crippen LogP) is 4.29. The average Bonchev–Trinajstić information content (AvgIpc) is 2.68. The summed E-state index contributed by atoms with van der Waals surface area (Å²) in [7, 11) is 0. The highest BCUT2D eigenvalue weighted by atomic mass is 16.2. The van der Waals surface area contributed by atoms with Gasteiger partial charge in [0.05, 0.1) is 0 Å². The van der Waals surface area contributed by atoms with Gasteiger partial charge < -0.3 is 10.2 Å². The van der Waals surface area contributed by atoms with Gasteiger partial charge in [0.15, 0.2) is 0 Å². The molecule has 2 fully saturated rings. The average molecular weight is 371 g/mol. The van der Waals surface area contributed by atoms with Gasteiger partial charge in [0, 0.05) is 30.6 Å². The quantitative estimate of drug-likeness (QED) is 0.863. The first-order valence-electron chi connectivity index (χ1n) is 10.5. The number of carbonyl (C=O) groups excluding carboxylic acids is 2. The van der Waals surface area contributed by atoms with Crippen molar-refractivity contribution in [1.29, 1.82) is 0 Å². The Bertz CT molecular complexity index is 646. The summed E-state index contributed by atoms with van der Waals surface area (Å²) in [5.74, 6) is 0.580. The van der Waals surface area contributed by atoms with Gasteiger partial charge in [-0.1, -0.05) is 52.2 Å². The van der Waals surface area contributed by atoms with E-state index in [9.17, 15) is 9.59 Å². The number of nitrogens with one attached hydrogen (secondary N) is 1. The highest BCUT2D eigenvalue weighted by molar-refractivity contribution is 5.94. The van der Waals surface area contributed by atoms with Gasteiger partial charge in [0.25, 0.3) is 5.91 Å². The lowest BCUT2D eigenvalue weighted by atomic mass is 9.86. The molecule has 1 aromatic rings. The summed E-state index contributed by atoms with van der Waals surface area (Å²) >= 11 is 0. The maximum atomic E-state index is 12.7. The first kappa shape index (κ1) is 19.9. The Morgan fingerprint density at radius 3 is 2.07 bits per heavy atom. The molecule has 0 bridgehead atoms. The molecule has 1 saturated heterocycles. The summed E-state index contributed by atoms with van der Waals surface area (Å²) in [6, 6.07) is 8.07. The number of carbonyl (C=O) groups is 2. The van der Waals surface area contributed by atoms with Crippen LogP contribution in [0.15, 0.2) is 24.3 Å². The highest BCUT2D eigenvalue weighted by Crippen LogP contribution is 2.27. The summed E-state index contributed by atoms with van der Waals surface area (Å²) in [6.45, 7) is 8.05. The van der Waals surface area contributed by atoms with E-state index in [2.05, 4.69) is 26.1 Å². The van der Waals surface area contributed by atoms with E-state index in [4.69, 9.17) is 0 Å². The van der Waals surface area contributed by atoms with E-state index in [1.54, 1.807) is 0 Å². The third-order valence-corrected chi connectivity index (χ3v) is 6.11. The molecule has 148 valence electrons. The Hall–Kier alpha value is -1.84. The van der Waals surface area contributed by atoms with Crippen molar-refractivity contribution in [2.45, 2.75) is 77.2 Å². The van der Waals surface area contributed by atoms with Gasteiger partial charge >= 0.3 is 0 Å². The van der Waals surface area contributed by atoms with Crippen LogP contribution < -0.4 is 5.32 Å². The van der Waals surface area contributed by atoms with Crippen LogP contribution in [0.1, 0.15) is 81.6 Å². The van der Waals surface area contributed by atoms with Crippen molar-refractivity contribution in [2.75, 3.05) is 13.1 Å². The van der Waals surface area contributed by atoms with Crippen LogP contribution in [0.4, 0.5) is 0 Å². The number of benzene rings is 1. The zero-order chi connectivity index (χ0) is 19.4. The number of piperidine rings is 1. The van der Waals surface area contributed by atoms with Crippen molar-refractivity contribution >= 4 is 11.8 Å². The van der Waals surface area contributed by atoms with Gasteiger partial charge in [-0.05, 0) is 48.8 Å². The molecule has 1 N–H and O–H groups in total. The maximum Gasteiger partial charge on any atom is 0.251 e. The molecule has 4 heteroatoms. The summed E-state index contributed by atoms with van der Waals surface area (Å²) in [4.78, 5) is 27.2. The first-order chi connectivity index (χ1) is 12.8. The maximum absolute atomic E-state index is 12.7. The van der Waals surface area contributed by atoms with Gasteiger partial charge in [0.2, 0.25) is 5.91 Å². The van der Waals surface area contributed by atoms with E-state index in [1.165, 1.54) is 24.8 Å². The fraction of sp³-hybridized carbons (Fsp3) is 0.652. The molecular weight excluding hydrogens is 336 g/mol. The predicted molar refractivity (Wildman–Crippen MR) is 109 cm³/mol. The minimum absolute atomic E-state index is 0.00693. The third kappa shape index (κ3) is 5.12. The number of hydrogen-bond donors (Lipinski definition) is 1. The molecular formula is C23H34N2O2. The molecule has 0 radical (unpaired) electrons. The normalized spacial score (nSPS) is 19.7. The van der Waals surface area contributed by atoms with E-state index < -0.39 is 0 Å². The van der Waals surface area contributed by atoms with Gasteiger partial charge in [-0.3, -0.25) is 9.59 Å². The van der Waals surface area contributed by atoms with E-state index in [1.807, 2.05) is 29.2 Å². The molecule has 0 aromatic heterocycles. The molecule has 1 aliphatic heterocycles. The molecule has 2 amide bonds. The van der Waals surface area contributed by atoms with Crippen molar-refractivity contribution in [3.05, 3.63) is 35.4 Å². The molecule has 0 unspecified atom stereocenters. The molecule has 0 atom stereocenters. The number of rotatable bonds is 3. The Morgan fingerprint density at radius 1 is 0.926 bits per heavy atom. The Morgan fingerprint density at radius 2 is 1.52 bits per heavy atom. The zero-order valence-corrected chi connectivity index (χ0v) is 17.1. The monoisotopic (exact) mass is 370 g/mol. The molecule has 3 rings (SSSR count). The van der Waals surface area contributed by atoms with Crippen LogP contribution >= 0.6 is 0 Å². The van der Waals surface area contributed by atoms with Crippen LogP contribution in [0, 0.1) is 5.92 Å². The van der Waals surface area contributed by atoms with E-state index >= 15 is 0 Å². The number of hydrogen-bond acceptors (Lipinski definition) is 2. The van der Waals surface area contributed by atoms with Crippen molar-refractivity contribution < 1.29 is 9.59 Å². The Balaban J connectivity index is 1.48. The fourth-order valence-electron chi connectivity index (χ4n) is 4.24. The lowest BCUT2D eigenvalue weighted by molar-refractivity contribution is -0.137. The lowest BCUT2D eigenvalue weighted by Crippen LogP contribution is -2.48. The number of amides is 2. The molecule has 27 heavy (non-hydrogen) atoms. The second-order valence-electron chi connectivity index (χ2n) is 9.24. The van der Waals surface area contributed by atoms with Crippen molar-refractivity contribution in [3.8, 4) is 0 Å². The second-order valence-corrected chi connectivity index (χ2v) is 9.24. The molecule has 4 nitrogen and oxygen atoms in total. The van der Waals surface area contributed by atoms with Gasteiger partial charge in [-0.25, -0.2) is 0 Å². The highest BCUT2D eigenvalue weighted by Gasteiger charge is 2.29. The Kier molecular flexibility index (Phi) is 6.23. The topological polar surface area (TPSA) is 49.4 Å². The molecule has 2 aliphatic rings. The molecule has 1 heterocycles. The van der Waals surface area contributed by atoms with E-state index in [0.29, 0.717) is 11.5 Å². The zero-order valence-electron chi connectivity index (χ0n) is 17.1. The van der Waals surface area contributed by atoms with Crippen molar-refractivity contribution in [2.24, 2.45) is 5.92 Å². The summed E-state index contributed by atoms with van der Waals surface area (Å²) < 4.78 is 0. The van der Waals surface area contributed by atoms with Crippen LogP contribution in [0.5, 0.6) is 0 Å². The number of nitrogens with zero attached hydrogens (tertiary/aromatic N) is 1. The van der Waals surface area contributed by atoms with Crippen LogP contribution in [0.25, 0.3) is 0 Å². The van der Waals surface area contributed by atoms with E-state index in [0.717, 1.165) is 38.8 Å². The fourth-order valence-corrected chi connectivity index (χ4v) is 4.24. The van der Waals surface area contributed by atoms with Crippen LogP contribution in [-0.4, -0.2) is 35.8 Å². The van der Waals surface area contributed by atoms with Crippen LogP contribution in [0.3, 0.4) is 0 Å². The molecule has 1 aliphatic carbocycles. The van der Waals surface area contributed by atoms with Crippen LogP contribution in [-0.2, 0) is 10.2 Å².